The van der Waals surface area contributed by atoms with E-state index in [4.69, 9.17) is 0 Å². The molecule has 0 saturated carbocycles. The van der Waals surface area contributed by atoms with Gasteiger partial charge in [-0.2, -0.15) is 0 Å². The van der Waals surface area contributed by atoms with E-state index in [1.807, 2.05) is 22.7 Å². The van der Waals surface area contributed by atoms with Crippen molar-refractivity contribution in [1.82, 2.24) is 4.57 Å². The number of thiophene rings is 2. The number of nitrogens with zero attached hydrogens (tertiary/aromatic N) is 2. The molecule has 15 rings (SSSR count). The molecule has 76 heavy (non-hydrogen) atoms. The highest BCUT2D eigenvalue weighted by Gasteiger charge is 2.50. The predicted octanol–water partition coefficient (Wildman–Crippen LogP) is 19.2. The Balaban J connectivity index is 1.16. The summed E-state index contributed by atoms with van der Waals surface area (Å²) in [6.07, 6.45) is 4.77. The van der Waals surface area contributed by atoms with Crippen LogP contribution < -0.4 is 15.1 Å². The zero-order valence-corrected chi connectivity index (χ0v) is 49.6. The molecule has 0 N–H and O–H groups in total. The molecule has 0 unspecified atom stereocenters. The summed E-state index contributed by atoms with van der Waals surface area (Å²) in [5.74, 6) is 0. The summed E-state index contributed by atoms with van der Waals surface area (Å²) in [5.41, 5.74) is 25.8. The number of anilines is 2. The Morgan fingerprint density at radius 1 is 0.487 bits per heavy atom. The zero-order chi connectivity index (χ0) is 53.1. The van der Waals surface area contributed by atoms with E-state index in [0.717, 1.165) is 0 Å². The van der Waals surface area contributed by atoms with Crippen molar-refractivity contribution in [2.45, 2.75) is 174 Å². The molecule has 0 spiro atoms. The van der Waals surface area contributed by atoms with Crippen molar-refractivity contribution in [2.75, 3.05) is 4.81 Å². The quantitative estimate of drug-likeness (QED) is 0.149. The third kappa shape index (κ3) is 6.06. The summed E-state index contributed by atoms with van der Waals surface area (Å²) in [5, 5.41) is 7.02. The van der Waals surface area contributed by atoms with E-state index in [9.17, 15) is 0 Å². The monoisotopic (exact) mass is 1030 g/mol. The fourth-order valence-electron chi connectivity index (χ4n) is 15.5. The third-order valence-electron chi connectivity index (χ3n) is 20.4. The Labute approximate surface area is 459 Å². The van der Waals surface area contributed by atoms with Crippen molar-refractivity contribution in [3.8, 4) is 27.9 Å². The van der Waals surface area contributed by atoms with Gasteiger partial charge < -0.3 is 9.38 Å². The standard InChI is InChI=1S/C71H73BN2S2/c1-65(2,3)38-21-24-40(25-22-38)74-54-35-43-42-32-49-51(69(11,12)29-27-67(49,7)8)36-48(42)71(15,16)47(43)33-45(54)57-58-41-19-17-18-20-55(41)75-63(58)59-44-34-50-52(70(13,14)30-28-68(50,9)10)37-53(44)73-61-46-31-39(66(4,5)6)23-26-56(46)76-64(61)72(74)60(57)62(59)73/h17-26,31-37H,27-30H2,1-16H3. The Hall–Kier alpha value is -5.62. The van der Waals surface area contributed by atoms with Gasteiger partial charge in [0.2, 0.25) is 0 Å². The van der Waals surface area contributed by atoms with Crippen molar-refractivity contribution in [3.63, 3.8) is 0 Å². The minimum atomic E-state index is -0.198. The van der Waals surface area contributed by atoms with Crippen LogP contribution in [0.5, 0.6) is 0 Å². The number of hydrogen-bond donors (Lipinski definition) is 0. The van der Waals surface area contributed by atoms with E-state index in [0.29, 0.717) is 0 Å². The van der Waals surface area contributed by atoms with Crippen molar-refractivity contribution in [3.05, 3.63) is 148 Å². The van der Waals surface area contributed by atoms with E-state index in [1.54, 1.807) is 5.56 Å². The van der Waals surface area contributed by atoms with Gasteiger partial charge in [-0.3, -0.25) is 0 Å². The van der Waals surface area contributed by atoms with Gasteiger partial charge in [-0.15, -0.1) is 22.7 Å². The molecule has 2 aliphatic heterocycles. The van der Waals surface area contributed by atoms with Gasteiger partial charge in [0.1, 0.15) is 0 Å². The van der Waals surface area contributed by atoms with Crippen LogP contribution in [0.25, 0.3) is 80.0 Å². The van der Waals surface area contributed by atoms with E-state index < -0.39 is 0 Å². The van der Waals surface area contributed by atoms with Gasteiger partial charge in [-0.1, -0.05) is 153 Å². The first-order chi connectivity index (χ1) is 35.7. The van der Waals surface area contributed by atoms with Crippen LogP contribution in [0.15, 0.2) is 103 Å². The van der Waals surface area contributed by atoms with Crippen molar-refractivity contribution in [1.29, 1.82) is 0 Å². The van der Waals surface area contributed by atoms with Crippen LogP contribution in [0.4, 0.5) is 11.4 Å². The van der Waals surface area contributed by atoms with Crippen molar-refractivity contribution >= 4 is 103 Å². The summed E-state index contributed by atoms with van der Waals surface area (Å²) in [6.45, 7) is 39.1. The molecule has 0 bridgehead atoms. The molecule has 2 nitrogen and oxygen atoms in total. The lowest BCUT2D eigenvalue weighted by atomic mass is 9.46. The second kappa shape index (κ2) is 14.5. The van der Waals surface area contributed by atoms with Crippen LogP contribution in [0.2, 0.25) is 0 Å². The molecule has 0 fully saturated rings. The van der Waals surface area contributed by atoms with Gasteiger partial charge >= 0.3 is 6.85 Å². The lowest BCUT2D eigenvalue weighted by molar-refractivity contribution is 0.331. The summed E-state index contributed by atoms with van der Waals surface area (Å²) < 4.78 is 8.43. The molecular weight excluding hydrogens is 956 g/mol. The molecule has 10 aromatic rings. The maximum Gasteiger partial charge on any atom is 0.343 e. The summed E-state index contributed by atoms with van der Waals surface area (Å²) >= 11 is 4.07. The number of fused-ring (bicyclic) bond motifs is 20. The van der Waals surface area contributed by atoms with E-state index in [1.165, 1.54) is 166 Å². The molecule has 0 atom stereocenters. The fourth-order valence-corrected chi connectivity index (χ4v) is 18.0. The molecule has 0 amide bonds. The molecule has 5 heterocycles. The van der Waals surface area contributed by atoms with Crippen LogP contribution in [0.1, 0.15) is 181 Å². The average molecular weight is 1030 g/mol. The van der Waals surface area contributed by atoms with Gasteiger partial charge in [0, 0.05) is 68.2 Å². The maximum atomic E-state index is 2.83. The molecule has 5 aliphatic rings. The molecule has 3 aromatic heterocycles. The first-order valence-corrected chi connectivity index (χ1v) is 30.2. The zero-order valence-electron chi connectivity index (χ0n) is 47.9. The third-order valence-corrected chi connectivity index (χ3v) is 22.8. The molecule has 0 radical (unpaired) electrons. The van der Waals surface area contributed by atoms with Gasteiger partial charge in [0.05, 0.1) is 16.7 Å². The van der Waals surface area contributed by atoms with E-state index >= 15 is 0 Å². The summed E-state index contributed by atoms with van der Waals surface area (Å²) in [7, 11) is 0. The summed E-state index contributed by atoms with van der Waals surface area (Å²) in [6, 6.07) is 42.7. The highest BCUT2D eigenvalue weighted by atomic mass is 32.1. The largest absolute Gasteiger partial charge is 0.376 e. The number of rotatable bonds is 1. The second-order valence-corrected chi connectivity index (χ2v) is 31.6. The molecule has 5 heteroatoms. The highest BCUT2D eigenvalue weighted by molar-refractivity contribution is 7.32. The lowest BCUT2D eigenvalue weighted by Gasteiger charge is -2.42. The van der Waals surface area contributed by atoms with Crippen LogP contribution in [-0.2, 0) is 37.9 Å². The summed E-state index contributed by atoms with van der Waals surface area (Å²) in [4.78, 5) is 2.83. The van der Waals surface area contributed by atoms with Crippen LogP contribution >= 0.6 is 22.7 Å². The van der Waals surface area contributed by atoms with Crippen LogP contribution in [0.3, 0.4) is 0 Å². The Morgan fingerprint density at radius 3 is 1.70 bits per heavy atom. The number of hydrogen-bond acceptors (Lipinski definition) is 3. The van der Waals surface area contributed by atoms with Gasteiger partial charge in [-0.05, 0) is 185 Å². The lowest BCUT2D eigenvalue weighted by Crippen LogP contribution is -2.59. The minimum absolute atomic E-state index is 0.00593. The Kier molecular flexibility index (Phi) is 9.10. The van der Waals surface area contributed by atoms with Crippen LogP contribution in [0, 0.1) is 0 Å². The topological polar surface area (TPSA) is 8.17 Å². The van der Waals surface area contributed by atoms with Gasteiger partial charge in [-0.25, -0.2) is 0 Å². The highest BCUT2D eigenvalue weighted by Crippen LogP contribution is 2.60. The van der Waals surface area contributed by atoms with E-state index in [2.05, 4.69) is 223 Å². The average Bonchev–Trinajstić information content (AvgIpc) is 3.29. The normalized spacial score (nSPS) is 19.1. The minimum Gasteiger partial charge on any atom is -0.376 e. The molecular formula is C71H73BN2S2. The number of benzene rings is 7. The Bertz CT molecular complexity index is 4280. The van der Waals surface area contributed by atoms with Crippen molar-refractivity contribution < 1.29 is 0 Å². The molecule has 0 saturated heterocycles. The SMILES string of the molecule is CC(C)(C)c1ccc(N2B3c4sc5ccc(C(C)(C)C)cc5c4-n4c5cc6c(cc5c5c7sc8ccccc8c7c(c3c54)-c3cc4c(cc32)-c2cc3c(cc2C4(C)C)C(C)(C)CCC3(C)C)C(C)(C)CCC6(C)C)cc1. The molecule has 382 valence electrons. The van der Waals surface area contributed by atoms with Crippen LogP contribution in [-0.4, -0.2) is 11.4 Å². The molecule has 3 aliphatic carbocycles. The second-order valence-electron chi connectivity index (χ2n) is 29.4. The Morgan fingerprint density at radius 2 is 1.04 bits per heavy atom. The van der Waals surface area contributed by atoms with Gasteiger partial charge in [0.15, 0.2) is 0 Å². The smallest absolute Gasteiger partial charge is 0.343 e. The fraction of sp³-hybridized carbons (Fsp3) is 0.380. The van der Waals surface area contributed by atoms with Crippen molar-refractivity contribution in [2.24, 2.45) is 0 Å². The van der Waals surface area contributed by atoms with Gasteiger partial charge in [0.25, 0.3) is 0 Å². The predicted molar refractivity (Wildman–Crippen MR) is 334 cm³/mol. The first-order valence-electron chi connectivity index (χ1n) is 28.5. The van der Waals surface area contributed by atoms with E-state index in [-0.39, 0.29) is 44.8 Å². The number of aromatic nitrogens is 1. The first kappa shape index (κ1) is 47.6. The molecule has 7 aromatic carbocycles. The maximum absolute atomic E-state index is 2.83.